The van der Waals surface area contributed by atoms with Crippen LogP contribution in [-0.4, -0.2) is 12.9 Å². The Labute approximate surface area is 183 Å². The summed E-state index contributed by atoms with van der Waals surface area (Å²) in [5, 5.41) is 7.23. The highest BCUT2D eigenvalue weighted by molar-refractivity contribution is 6.01. The second kappa shape index (κ2) is 7.95. The monoisotopic (exact) mass is 410 g/mol. The molecule has 3 aromatic carbocycles. The molecule has 0 bridgehead atoms. The number of rotatable bonds is 3. The molecular weight excluding hydrogens is 384 g/mol. The summed E-state index contributed by atoms with van der Waals surface area (Å²) in [6.45, 7) is 2.08. The van der Waals surface area contributed by atoms with Crippen LogP contribution in [0.3, 0.4) is 0 Å². The Hall–Kier alpha value is -3.53. The van der Waals surface area contributed by atoms with Crippen molar-refractivity contribution in [1.29, 1.82) is 0 Å². The molecule has 3 aromatic rings. The van der Waals surface area contributed by atoms with Crippen LogP contribution in [0.25, 0.3) is 0 Å². The first-order valence-corrected chi connectivity index (χ1v) is 10.7. The van der Waals surface area contributed by atoms with Crippen molar-refractivity contribution in [3.05, 3.63) is 101 Å². The maximum Gasteiger partial charge on any atom is 0.163 e. The Morgan fingerprint density at radius 2 is 1.52 bits per heavy atom. The molecule has 0 saturated carbocycles. The third kappa shape index (κ3) is 3.70. The summed E-state index contributed by atoms with van der Waals surface area (Å²) in [6, 6.07) is 24.5. The van der Waals surface area contributed by atoms with Crippen LogP contribution >= 0.6 is 0 Å². The van der Waals surface area contributed by atoms with E-state index in [1.807, 2.05) is 24.3 Å². The maximum absolute atomic E-state index is 13.5. The Morgan fingerprint density at radius 3 is 2.23 bits per heavy atom. The van der Waals surface area contributed by atoms with E-state index in [0.29, 0.717) is 6.42 Å². The minimum absolute atomic E-state index is 0.147. The van der Waals surface area contributed by atoms with Crippen molar-refractivity contribution in [1.82, 2.24) is 0 Å². The number of methoxy groups -OCH3 is 1. The van der Waals surface area contributed by atoms with Crippen LogP contribution in [-0.2, 0) is 4.79 Å². The predicted octanol–water partition coefficient (Wildman–Crippen LogP) is 5.98. The molecule has 0 aromatic heterocycles. The number of benzene rings is 3. The van der Waals surface area contributed by atoms with E-state index in [0.717, 1.165) is 40.4 Å². The number of Topliss-reactive ketones (excluding diaryl/α,β-unsaturated/α-hetero) is 1. The van der Waals surface area contributed by atoms with Gasteiger partial charge in [-0.15, -0.1) is 0 Å². The first kappa shape index (κ1) is 19.4. The number of fused-ring (bicyclic) bond motifs is 1. The number of hydrogen-bond donors (Lipinski definition) is 2. The number of ether oxygens (including phenoxy) is 1. The molecule has 2 atom stereocenters. The molecule has 2 aliphatic rings. The van der Waals surface area contributed by atoms with Crippen molar-refractivity contribution in [3.8, 4) is 5.75 Å². The topological polar surface area (TPSA) is 50.4 Å². The summed E-state index contributed by atoms with van der Waals surface area (Å²) in [5.74, 6) is 1.17. The van der Waals surface area contributed by atoms with E-state index in [1.54, 1.807) is 7.11 Å². The van der Waals surface area contributed by atoms with Crippen molar-refractivity contribution in [2.45, 2.75) is 31.7 Å². The lowest BCUT2D eigenvalue weighted by Crippen LogP contribution is -2.26. The van der Waals surface area contributed by atoms with Gasteiger partial charge in [0.15, 0.2) is 5.78 Å². The quantitative estimate of drug-likeness (QED) is 0.557. The first-order chi connectivity index (χ1) is 15.1. The maximum atomic E-state index is 13.5. The summed E-state index contributed by atoms with van der Waals surface area (Å²) >= 11 is 0. The lowest BCUT2D eigenvalue weighted by molar-refractivity contribution is -0.116. The van der Waals surface area contributed by atoms with E-state index in [2.05, 4.69) is 66.1 Å². The number of hydrogen-bond acceptors (Lipinski definition) is 4. The standard InChI is InChI=1S/C27H26N2O2/c1-17-7-9-19(10-8-17)27-26-24(28-22-5-3-4-6-23(22)29-27)15-20(16-25(26)30)18-11-13-21(31-2)14-12-18/h3-14,20,27-29H,15-16H2,1-2H3. The summed E-state index contributed by atoms with van der Waals surface area (Å²) in [5.41, 5.74) is 7.36. The van der Waals surface area contributed by atoms with E-state index in [9.17, 15) is 4.79 Å². The number of ketones is 1. The number of para-hydroxylation sites is 2. The fourth-order valence-electron chi connectivity index (χ4n) is 4.61. The van der Waals surface area contributed by atoms with Crippen molar-refractivity contribution >= 4 is 17.2 Å². The fraction of sp³-hybridized carbons (Fsp3) is 0.222. The van der Waals surface area contributed by atoms with Crippen LogP contribution in [0.5, 0.6) is 5.75 Å². The molecule has 1 aliphatic carbocycles. The van der Waals surface area contributed by atoms with Gasteiger partial charge in [-0.3, -0.25) is 4.79 Å². The predicted molar refractivity (Wildman–Crippen MR) is 125 cm³/mol. The van der Waals surface area contributed by atoms with E-state index < -0.39 is 0 Å². The third-order valence-electron chi connectivity index (χ3n) is 6.31. The van der Waals surface area contributed by atoms with E-state index in [-0.39, 0.29) is 17.7 Å². The molecule has 1 aliphatic heterocycles. The summed E-state index contributed by atoms with van der Waals surface area (Å²) in [7, 11) is 1.67. The smallest absolute Gasteiger partial charge is 0.163 e. The number of aryl methyl sites for hydroxylation is 1. The van der Waals surface area contributed by atoms with Crippen LogP contribution in [0.2, 0.25) is 0 Å². The molecule has 0 spiro atoms. The van der Waals surface area contributed by atoms with Gasteiger partial charge in [0.2, 0.25) is 0 Å². The Morgan fingerprint density at radius 1 is 0.839 bits per heavy atom. The number of anilines is 2. The molecule has 0 fully saturated rings. The molecule has 4 nitrogen and oxygen atoms in total. The van der Waals surface area contributed by atoms with Gasteiger partial charge in [0, 0.05) is 17.7 Å². The Bertz CT molecular complexity index is 1150. The third-order valence-corrected chi connectivity index (χ3v) is 6.31. The zero-order valence-corrected chi connectivity index (χ0v) is 17.8. The molecule has 31 heavy (non-hydrogen) atoms. The van der Waals surface area contributed by atoms with Gasteiger partial charge in [0.1, 0.15) is 5.75 Å². The van der Waals surface area contributed by atoms with Crippen molar-refractivity contribution in [3.63, 3.8) is 0 Å². The molecule has 4 heteroatoms. The average molecular weight is 411 g/mol. The lowest BCUT2D eigenvalue weighted by Gasteiger charge is -2.30. The first-order valence-electron chi connectivity index (χ1n) is 10.7. The number of carbonyl (C=O) groups excluding carboxylic acids is 1. The fourth-order valence-corrected chi connectivity index (χ4v) is 4.61. The van der Waals surface area contributed by atoms with Gasteiger partial charge in [-0.1, -0.05) is 54.1 Å². The normalized spacial score (nSPS) is 20.1. The second-order valence-corrected chi connectivity index (χ2v) is 8.35. The lowest BCUT2D eigenvalue weighted by atomic mass is 9.78. The second-order valence-electron chi connectivity index (χ2n) is 8.35. The molecule has 2 N–H and O–H groups in total. The van der Waals surface area contributed by atoms with Gasteiger partial charge in [0.25, 0.3) is 0 Å². The van der Waals surface area contributed by atoms with E-state index in [4.69, 9.17) is 4.74 Å². The molecule has 0 radical (unpaired) electrons. The highest BCUT2D eigenvalue weighted by Gasteiger charge is 2.35. The van der Waals surface area contributed by atoms with Crippen LogP contribution in [0.1, 0.15) is 41.5 Å². The molecular formula is C27H26N2O2. The molecule has 5 rings (SSSR count). The zero-order chi connectivity index (χ0) is 21.4. The largest absolute Gasteiger partial charge is 0.497 e. The van der Waals surface area contributed by atoms with Crippen molar-refractivity contribution in [2.24, 2.45) is 0 Å². The van der Waals surface area contributed by atoms with Gasteiger partial charge in [-0.05, 0) is 54.7 Å². The molecule has 156 valence electrons. The van der Waals surface area contributed by atoms with E-state index in [1.165, 1.54) is 11.1 Å². The van der Waals surface area contributed by atoms with Gasteiger partial charge in [-0.2, -0.15) is 0 Å². The Kier molecular flexibility index (Phi) is 4.99. The van der Waals surface area contributed by atoms with Crippen LogP contribution in [0.4, 0.5) is 11.4 Å². The molecule has 0 saturated heterocycles. The van der Waals surface area contributed by atoms with Crippen LogP contribution < -0.4 is 15.4 Å². The highest BCUT2D eigenvalue weighted by atomic mass is 16.5. The van der Waals surface area contributed by atoms with Crippen LogP contribution in [0, 0.1) is 6.92 Å². The highest BCUT2D eigenvalue weighted by Crippen LogP contribution is 2.44. The summed E-state index contributed by atoms with van der Waals surface area (Å²) in [6.07, 6.45) is 1.30. The zero-order valence-electron chi connectivity index (χ0n) is 17.8. The number of nitrogens with one attached hydrogen (secondary N) is 2. The van der Waals surface area contributed by atoms with E-state index >= 15 is 0 Å². The minimum atomic E-state index is -0.170. The SMILES string of the molecule is COc1ccc(C2CC(=O)C3=C(C2)Nc2ccccc2NC3c2ccc(C)cc2)cc1. The molecule has 0 amide bonds. The van der Waals surface area contributed by atoms with Gasteiger partial charge >= 0.3 is 0 Å². The summed E-state index contributed by atoms with van der Waals surface area (Å²) < 4.78 is 5.29. The van der Waals surface area contributed by atoms with Crippen LogP contribution in [0.15, 0.2) is 84.1 Å². The average Bonchev–Trinajstić information content (AvgIpc) is 2.96. The van der Waals surface area contributed by atoms with Gasteiger partial charge in [-0.25, -0.2) is 0 Å². The molecule has 1 heterocycles. The minimum Gasteiger partial charge on any atom is -0.497 e. The van der Waals surface area contributed by atoms with Gasteiger partial charge < -0.3 is 15.4 Å². The molecule has 2 unspecified atom stereocenters. The van der Waals surface area contributed by atoms with Crippen molar-refractivity contribution in [2.75, 3.05) is 17.7 Å². The summed E-state index contributed by atoms with van der Waals surface area (Å²) in [4.78, 5) is 13.5. The van der Waals surface area contributed by atoms with Crippen molar-refractivity contribution < 1.29 is 9.53 Å². The number of allylic oxidation sites excluding steroid dienone is 1. The van der Waals surface area contributed by atoms with Gasteiger partial charge in [0.05, 0.1) is 24.5 Å². The number of carbonyl (C=O) groups is 1. The Balaban J connectivity index is 1.57.